The molecule has 4 unspecified atom stereocenters. The fourth-order valence-electron chi connectivity index (χ4n) is 6.79. The predicted octanol–water partition coefficient (Wildman–Crippen LogP) is 5.34. The van der Waals surface area contributed by atoms with Gasteiger partial charge in [-0.05, 0) is 99.0 Å². The number of rotatable bonds is 6. The van der Waals surface area contributed by atoms with Crippen LogP contribution in [-0.4, -0.2) is 40.6 Å². The number of carbonyl (C=O) groups is 1. The number of nitrogens with one attached hydrogen (secondary N) is 1. The molecule has 1 aliphatic heterocycles. The summed E-state index contributed by atoms with van der Waals surface area (Å²) < 4.78 is 0. The third-order valence-electron chi connectivity index (χ3n) is 8.19. The van der Waals surface area contributed by atoms with Gasteiger partial charge in [-0.25, -0.2) is 4.79 Å². The van der Waals surface area contributed by atoms with Crippen molar-refractivity contribution in [1.82, 2.24) is 9.88 Å². The summed E-state index contributed by atoms with van der Waals surface area (Å²) in [5, 5.41) is 10.3. The molecular weight excluding hydrogens is 360 g/mol. The first-order valence-electron chi connectivity index (χ1n) is 11.7. The van der Waals surface area contributed by atoms with Gasteiger partial charge in [-0.15, -0.1) is 0 Å². The van der Waals surface area contributed by atoms with E-state index in [9.17, 15) is 9.90 Å². The molecule has 3 fully saturated rings. The van der Waals surface area contributed by atoms with Crippen molar-refractivity contribution in [3.05, 3.63) is 35.5 Å². The molecule has 156 valence electrons. The van der Waals surface area contributed by atoms with Crippen molar-refractivity contribution in [2.75, 3.05) is 19.6 Å². The lowest BCUT2D eigenvalue weighted by molar-refractivity contribution is 0.0697. The van der Waals surface area contributed by atoms with E-state index < -0.39 is 5.97 Å². The van der Waals surface area contributed by atoms with Crippen LogP contribution in [0, 0.1) is 23.7 Å². The average Bonchev–Trinajstić information content (AvgIpc) is 3.31. The Labute approximate surface area is 173 Å². The van der Waals surface area contributed by atoms with Gasteiger partial charge < -0.3 is 15.0 Å². The van der Waals surface area contributed by atoms with Gasteiger partial charge in [-0.3, -0.25) is 0 Å². The zero-order valence-corrected chi connectivity index (χ0v) is 17.4. The lowest BCUT2D eigenvalue weighted by Crippen LogP contribution is -2.40. The first-order valence-corrected chi connectivity index (χ1v) is 11.7. The molecule has 0 radical (unpaired) electrons. The molecule has 2 heterocycles. The SMILES string of the molecule is O=C(O)c1ccc2[nH]cc(CCCCN3CCC4C(CC5CCCCC54)C3)c2c1. The molecular formula is C25H34N2O2. The second-order valence-electron chi connectivity index (χ2n) is 9.79. The molecule has 2 aromatic rings. The molecule has 4 atom stereocenters. The highest BCUT2D eigenvalue weighted by Crippen LogP contribution is 2.51. The number of H-pyrrole nitrogens is 1. The van der Waals surface area contributed by atoms with Crippen molar-refractivity contribution in [3.63, 3.8) is 0 Å². The van der Waals surface area contributed by atoms with Crippen LogP contribution in [0.25, 0.3) is 10.9 Å². The number of nitrogens with zero attached hydrogens (tertiary/aromatic N) is 1. The summed E-state index contributed by atoms with van der Waals surface area (Å²) in [6.07, 6.45) is 14.4. The normalized spacial score (nSPS) is 29.7. The standard InChI is InChI=1S/C25H34N2O2/c28-25(29)18-8-9-24-23(14-18)19(15-26-24)6-3-4-11-27-12-10-22-20(16-27)13-17-5-1-2-7-21(17)22/h8-9,14-15,17,20-22,26H,1-7,10-13,16H2,(H,28,29). The highest BCUT2D eigenvalue weighted by molar-refractivity contribution is 5.94. The average molecular weight is 395 g/mol. The van der Waals surface area contributed by atoms with Crippen LogP contribution < -0.4 is 0 Å². The third-order valence-corrected chi connectivity index (χ3v) is 8.19. The number of carboxylic acids is 1. The number of hydrogen-bond donors (Lipinski definition) is 2. The molecule has 29 heavy (non-hydrogen) atoms. The smallest absolute Gasteiger partial charge is 0.335 e. The zero-order chi connectivity index (χ0) is 19.8. The molecule has 1 aromatic heterocycles. The van der Waals surface area contributed by atoms with Crippen molar-refractivity contribution in [2.24, 2.45) is 23.7 Å². The molecule has 4 nitrogen and oxygen atoms in total. The van der Waals surface area contributed by atoms with Gasteiger partial charge in [0.15, 0.2) is 0 Å². The van der Waals surface area contributed by atoms with E-state index in [0.717, 1.165) is 41.0 Å². The Bertz CT molecular complexity index is 873. The summed E-state index contributed by atoms with van der Waals surface area (Å²) in [5.74, 6) is 3.27. The van der Waals surface area contributed by atoms with Crippen LogP contribution in [0.5, 0.6) is 0 Å². The van der Waals surface area contributed by atoms with Crippen molar-refractivity contribution in [2.45, 2.75) is 57.8 Å². The lowest BCUT2D eigenvalue weighted by atomic mass is 9.75. The number of piperidine rings is 1. The fraction of sp³-hybridized carbons (Fsp3) is 0.640. The first kappa shape index (κ1) is 19.2. The van der Waals surface area contributed by atoms with Crippen molar-refractivity contribution >= 4 is 16.9 Å². The number of carboxylic acid groups (broad SMARTS) is 1. The van der Waals surface area contributed by atoms with Crippen LogP contribution in [0.3, 0.4) is 0 Å². The van der Waals surface area contributed by atoms with Crippen LogP contribution >= 0.6 is 0 Å². The molecule has 3 aliphatic rings. The van der Waals surface area contributed by atoms with Crippen LogP contribution in [0.1, 0.15) is 67.3 Å². The van der Waals surface area contributed by atoms with Crippen LogP contribution in [-0.2, 0) is 6.42 Å². The van der Waals surface area contributed by atoms with E-state index in [-0.39, 0.29) is 0 Å². The molecule has 4 heteroatoms. The molecule has 0 amide bonds. The minimum Gasteiger partial charge on any atom is -0.478 e. The number of aromatic nitrogens is 1. The minimum absolute atomic E-state index is 0.373. The zero-order valence-electron chi connectivity index (χ0n) is 17.4. The monoisotopic (exact) mass is 394 g/mol. The van der Waals surface area contributed by atoms with E-state index in [1.165, 1.54) is 76.6 Å². The maximum atomic E-state index is 11.3. The first-order chi connectivity index (χ1) is 14.2. The Morgan fingerprint density at radius 1 is 1.10 bits per heavy atom. The van der Waals surface area contributed by atoms with Crippen molar-refractivity contribution in [3.8, 4) is 0 Å². The Morgan fingerprint density at radius 3 is 2.86 bits per heavy atom. The number of likely N-dealkylation sites (tertiary alicyclic amines) is 1. The van der Waals surface area contributed by atoms with Crippen molar-refractivity contribution < 1.29 is 9.90 Å². The number of aromatic carboxylic acids is 1. The molecule has 2 saturated carbocycles. The summed E-state index contributed by atoms with van der Waals surface area (Å²) in [6, 6.07) is 5.37. The van der Waals surface area contributed by atoms with Gasteiger partial charge in [-0.1, -0.05) is 19.3 Å². The Morgan fingerprint density at radius 2 is 1.97 bits per heavy atom. The Kier molecular flexibility index (Phi) is 5.38. The van der Waals surface area contributed by atoms with Crippen LogP contribution in [0.15, 0.2) is 24.4 Å². The Balaban J connectivity index is 1.12. The maximum absolute atomic E-state index is 11.3. The Hall–Kier alpha value is -1.81. The number of fused-ring (bicyclic) bond motifs is 4. The van der Waals surface area contributed by atoms with E-state index in [2.05, 4.69) is 16.1 Å². The number of benzene rings is 1. The number of aromatic amines is 1. The predicted molar refractivity (Wildman–Crippen MR) is 116 cm³/mol. The summed E-state index contributed by atoms with van der Waals surface area (Å²) >= 11 is 0. The third kappa shape index (κ3) is 3.84. The van der Waals surface area contributed by atoms with E-state index in [0.29, 0.717) is 5.56 Å². The molecule has 1 saturated heterocycles. The number of unbranched alkanes of at least 4 members (excludes halogenated alkanes) is 1. The molecule has 2 N–H and O–H groups in total. The quantitative estimate of drug-likeness (QED) is 0.651. The summed E-state index contributed by atoms with van der Waals surface area (Å²) in [5.41, 5.74) is 2.66. The molecule has 5 rings (SSSR count). The minimum atomic E-state index is -0.853. The van der Waals surface area contributed by atoms with Gasteiger partial charge in [0.05, 0.1) is 5.56 Å². The summed E-state index contributed by atoms with van der Waals surface area (Å²) in [7, 11) is 0. The van der Waals surface area contributed by atoms with Gasteiger partial charge in [0.2, 0.25) is 0 Å². The summed E-state index contributed by atoms with van der Waals surface area (Å²) in [4.78, 5) is 17.3. The van der Waals surface area contributed by atoms with Gasteiger partial charge in [0, 0.05) is 23.6 Å². The molecule has 0 bridgehead atoms. The molecule has 0 spiro atoms. The molecule has 2 aliphatic carbocycles. The van der Waals surface area contributed by atoms with Crippen LogP contribution in [0.2, 0.25) is 0 Å². The van der Waals surface area contributed by atoms with E-state index in [1.807, 2.05) is 12.1 Å². The van der Waals surface area contributed by atoms with Gasteiger partial charge in [0.25, 0.3) is 0 Å². The second kappa shape index (κ2) is 8.14. The maximum Gasteiger partial charge on any atom is 0.335 e. The van der Waals surface area contributed by atoms with E-state index >= 15 is 0 Å². The van der Waals surface area contributed by atoms with E-state index in [4.69, 9.17) is 0 Å². The number of aryl methyl sites for hydroxylation is 1. The lowest BCUT2D eigenvalue weighted by Gasteiger charge is -2.38. The van der Waals surface area contributed by atoms with Gasteiger partial charge in [-0.2, -0.15) is 0 Å². The second-order valence-corrected chi connectivity index (χ2v) is 9.79. The highest BCUT2D eigenvalue weighted by Gasteiger charge is 2.45. The van der Waals surface area contributed by atoms with Gasteiger partial charge in [0.1, 0.15) is 0 Å². The summed E-state index contributed by atoms with van der Waals surface area (Å²) in [6.45, 7) is 3.87. The van der Waals surface area contributed by atoms with Gasteiger partial charge >= 0.3 is 5.97 Å². The highest BCUT2D eigenvalue weighted by atomic mass is 16.4. The molecule has 1 aromatic carbocycles. The largest absolute Gasteiger partial charge is 0.478 e. The van der Waals surface area contributed by atoms with E-state index in [1.54, 1.807) is 6.07 Å². The fourth-order valence-corrected chi connectivity index (χ4v) is 6.79. The number of hydrogen-bond acceptors (Lipinski definition) is 2. The van der Waals surface area contributed by atoms with Crippen LogP contribution in [0.4, 0.5) is 0 Å². The van der Waals surface area contributed by atoms with Crippen molar-refractivity contribution in [1.29, 1.82) is 0 Å². The topological polar surface area (TPSA) is 56.3 Å².